The third-order valence-electron chi connectivity index (χ3n) is 3.89. The fourth-order valence-corrected chi connectivity index (χ4v) is 2.18. The highest BCUT2D eigenvalue weighted by molar-refractivity contribution is 9.09. The molecule has 0 spiro atoms. The van der Waals surface area contributed by atoms with E-state index in [2.05, 4.69) is 68.2 Å². The molecule has 0 radical (unpaired) electrons. The fourth-order valence-electron chi connectivity index (χ4n) is 2.05. The van der Waals surface area contributed by atoms with Gasteiger partial charge in [0.05, 0.1) is 37.8 Å². The summed E-state index contributed by atoms with van der Waals surface area (Å²) in [6.45, 7) is 7.88. The van der Waals surface area contributed by atoms with Crippen molar-refractivity contribution >= 4 is 15.9 Å². The number of nitrogens with zero attached hydrogens (tertiary/aromatic N) is 4. The fraction of sp³-hybridized carbons (Fsp3) is 0.684. The van der Waals surface area contributed by atoms with Crippen molar-refractivity contribution in [2.24, 2.45) is 0 Å². The van der Waals surface area contributed by atoms with Crippen molar-refractivity contribution in [3.8, 4) is 12.1 Å². The zero-order chi connectivity index (χ0) is 18.0. The second kappa shape index (κ2) is 14.5. The Bertz CT molecular complexity index is 479. The van der Waals surface area contributed by atoms with E-state index >= 15 is 0 Å². The molecule has 0 N–H and O–H groups in total. The number of nitriles is 2. The lowest BCUT2D eigenvalue weighted by molar-refractivity contribution is -0.896. The minimum Gasteiger partial charge on any atom is -1.00 e. The van der Waals surface area contributed by atoms with E-state index in [4.69, 9.17) is 10.5 Å². The quantitative estimate of drug-likeness (QED) is 0.338. The summed E-state index contributed by atoms with van der Waals surface area (Å²) in [4.78, 5) is 2.28. The first-order chi connectivity index (χ1) is 10.7. The first-order valence-corrected chi connectivity index (χ1v) is 9.00. The average Bonchev–Trinajstić information content (AvgIpc) is 3.36. The molecule has 25 heavy (non-hydrogen) atoms. The molecular formula is C19H34Br2N4. The number of hydrogen-bond donors (Lipinski definition) is 0. The van der Waals surface area contributed by atoms with Gasteiger partial charge in [-0.25, -0.2) is 0 Å². The molecule has 2 aliphatic carbocycles. The Kier molecular flexibility index (Phi) is 16.9. The van der Waals surface area contributed by atoms with E-state index in [0.29, 0.717) is 16.5 Å². The summed E-state index contributed by atoms with van der Waals surface area (Å²) in [6.07, 6.45) is 5.47. The predicted octanol–water partition coefficient (Wildman–Crippen LogP) is 1.12. The average molecular weight is 478 g/mol. The molecule has 0 amide bonds. The summed E-state index contributed by atoms with van der Waals surface area (Å²) in [7, 11) is 8.61. The second-order valence-corrected chi connectivity index (χ2v) is 7.49. The number of halogens is 2. The zero-order valence-corrected chi connectivity index (χ0v) is 18.5. The Morgan fingerprint density at radius 3 is 1.68 bits per heavy atom. The van der Waals surface area contributed by atoms with E-state index in [1.54, 1.807) is 0 Å². The lowest BCUT2D eigenvalue weighted by atomic mass is 10.3. The van der Waals surface area contributed by atoms with Gasteiger partial charge < -0.3 is 26.4 Å². The topological polar surface area (TPSA) is 50.8 Å². The molecule has 144 valence electrons. The second-order valence-electron chi connectivity index (χ2n) is 6.93. The van der Waals surface area contributed by atoms with Crippen LogP contribution in [-0.4, -0.2) is 61.5 Å². The zero-order valence-electron chi connectivity index (χ0n) is 15.4. The number of hydrogen-bond acceptors (Lipinski definition) is 3. The minimum absolute atomic E-state index is 0. The Hall–Kier alpha value is -0.660. The van der Waals surface area contributed by atoms with Gasteiger partial charge in [-0.2, -0.15) is 10.5 Å². The van der Waals surface area contributed by atoms with Crippen LogP contribution in [0.2, 0.25) is 0 Å². The van der Waals surface area contributed by atoms with Gasteiger partial charge in [-0.15, -0.1) is 0 Å². The van der Waals surface area contributed by atoms with Crippen molar-refractivity contribution in [2.75, 3.05) is 40.1 Å². The van der Waals surface area contributed by atoms with Gasteiger partial charge in [-0.05, 0) is 26.9 Å². The number of quaternary nitrogens is 1. The molecule has 0 saturated heterocycles. The van der Waals surface area contributed by atoms with E-state index in [9.17, 15) is 0 Å². The molecule has 2 fully saturated rings. The summed E-state index contributed by atoms with van der Waals surface area (Å²) < 4.78 is 0.937. The smallest absolute Gasteiger partial charge is 0.114 e. The molecule has 4 nitrogen and oxygen atoms in total. The van der Waals surface area contributed by atoms with Crippen molar-refractivity contribution in [1.82, 2.24) is 4.90 Å². The summed E-state index contributed by atoms with van der Waals surface area (Å²) in [5.74, 6) is 0. The van der Waals surface area contributed by atoms with Crippen LogP contribution < -0.4 is 17.0 Å². The highest BCUT2D eigenvalue weighted by Crippen LogP contribution is 2.30. The van der Waals surface area contributed by atoms with Crippen LogP contribution in [0.4, 0.5) is 0 Å². The maximum atomic E-state index is 8.54. The Morgan fingerprint density at radius 2 is 1.52 bits per heavy atom. The van der Waals surface area contributed by atoms with Crippen LogP contribution in [0.5, 0.6) is 0 Å². The van der Waals surface area contributed by atoms with Crippen molar-refractivity contribution in [3.05, 3.63) is 24.3 Å². The van der Waals surface area contributed by atoms with Crippen molar-refractivity contribution in [3.63, 3.8) is 0 Å². The molecule has 0 aromatic heterocycles. The van der Waals surface area contributed by atoms with Gasteiger partial charge in [0.1, 0.15) is 6.54 Å². The summed E-state index contributed by atoms with van der Waals surface area (Å²) in [5.41, 5.74) is 1.26. The van der Waals surface area contributed by atoms with E-state index in [1.807, 2.05) is 6.07 Å². The number of allylic oxidation sites excluding steroid dienone is 1. The minimum atomic E-state index is 0. The van der Waals surface area contributed by atoms with Crippen molar-refractivity contribution in [1.29, 1.82) is 10.5 Å². The van der Waals surface area contributed by atoms with Gasteiger partial charge in [-0.3, -0.25) is 0 Å². The van der Waals surface area contributed by atoms with Crippen LogP contribution in [0.15, 0.2) is 24.3 Å². The number of alkyl halides is 1. The van der Waals surface area contributed by atoms with Crippen LogP contribution in [0.1, 0.15) is 33.1 Å². The predicted molar refractivity (Wildman–Crippen MR) is 107 cm³/mol. The van der Waals surface area contributed by atoms with Gasteiger partial charge in [-0.1, -0.05) is 36.5 Å². The molecule has 0 atom stereocenters. The lowest BCUT2D eigenvalue weighted by Crippen LogP contribution is -3.00. The standard InChI is InChI=1S/C9H15N2.C5H11N.C4H4BrN.CH4.BrH/c1-8(6-10)7-11(2,3)9-4-5-9;1-6(2)5-3-4-5;1-4(2-5)3-6;;/h9H,1,4-5,7H2,2-3H3;5H,3-4H2,1-2H3;1-2H2;1H4;1H/q+1;;;;/p-1. The molecule has 2 aliphatic rings. The molecule has 0 heterocycles. The Morgan fingerprint density at radius 1 is 1.08 bits per heavy atom. The maximum absolute atomic E-state index is 8.54. The SMILES string of the molecule is C.C=C(C#N)CBr.C=C(C#N)C[N+](C)(C)C1CC1.CN(C)C1CC1.[Br-]. The summed E-state index contributed by atoms with van der Waals surface area (Å²) in [5, 5.41) is 17.1. The monoisotopic (exact) mass is 476 g/mol. The van der Waals surface area contributed by atoms with E-state index in [-0.39, 0.29) is 24.4 Å². The van der Waals surface area contributed by atoms with Crippen molar-refractivity contribution in [2.45, 2.75) is 45.2 Å². The number of likely N-dealkylation sites (N-methyl/N-ethyl adjacent to an activating group) is 1. The number of rotatable bonds is 5. The van der Waals surface area contributed by atoms with Crippen LogP contribution in [-0.2, 0) is 0 Å². The normalized spacial score (nSPS) is 14.7. The van der Waals surface area contributed by atoms with Gasteiger partial charge in [0.2, 0.25) is 0 Å². The molecule has 6 heteroatoms. The molecule has 0 unspecified atom stereocenters. The van der Waals surface area contributed by atoms with Crippen molar-refractivity contribution < 1.29 is 21.5 Å². The summed E-state index contributed by atoms with van der Waals surface area (Å²) in [6, 6.07) is 5.68. The molecule has 0 aromatic rings. The van der Waals surface area contributed by atoms with Gasteiger partial charge in [0.25, 0.3) is 0 Å². The highest BCUT2D eigenvalue weighted by atomic mass is 79.9. The third-order valence-corrected chi connectivity index (χ3v) is 4.57. The molecule has 2 saturated carbocycles. The largest absolute Gasteiger partial charge is 1.00 e. The lowest BCUT2D eigenvalue weighted by Gasteiger charge is -2.29. The van der Waals surface area contributed by atoms with Crippen LogP contribution in [0.25, 0.3) is 0 Å². The highest BCUT2D eigenvalue weighted by Gasteiger charge is 2.38. The first kappa shape index (κ1) is 29.1. The van der Waals surface area contributed by atoms with E-state index < -0.39 is 0 Å². The van der Waals surface area contributed by atoms with Gasteiger partial charge in [0, 0.05) is 29.8 Å². The van der Waals surface area contributed by atoms with Crippen LogP contribution >= 0.6 is 15.9 Å². The molecule has 0 aliphatic heterocycles. The van der Waals surface area contributed by atoms with E-state index in [0.717, 1.165) is 23.1 Å². The van der Waals surface area contributed by atoms with Gasteiger partial charge >= 0.3 is 0 Å². The molecule has 0 aromatic carbocycles. The Balaban J connectivity index is -0.000000300. The van der Waals surface area contributed by atoms with Gasteiger partial charge in [0.15, 0.2) is 0 Å². The van der Waals surface area contributed by atoms with E-state index in [1.165, 1.54) is 25.7 Å². The van der Waals surface area contributed by atoms with Crippen LogP contribution in [0.3, 0.4) is 0 Å². The molecule has 0 bridgehead atoms. The Labute approximate surface area is 174 Å². The summed E-state index contributed by atoms with van der Waals surface area (Å²) >= 11 is 3.05. The maximum Gasteiger partial charge on any atom is 0.114 e. The third kappa shape index (κ3) is 15.3. The first-order valence-electron chi connectivity index (χ1n) is 7.88. The molecule has 2 rings (SSSR count). The van der Waals surface area contributed by atoms with Crippen LogP contribution in [0, 0.1) is 22.7 Å². The molecular weight excluding hydrogens is 444 g/mol.